The minimum absolute atomic E-state index is 0.0229. The van der Waals surface area contributed by atoms with E-state index in [0.29, 0.717) is 17.3 Å². The Morgan fingerprint density at radius 3 is 2.45 bits per heavy atom. The highest BCUT2D eigenvalue weighted by Gasteiger charge is 2.05. The Hall–Kier alpha value is -1.78. The van der Waals surface area contributed by atoms with E-state index in [9.17, 15) is 9.18 Å². The van der Waals surface area contributed by atoms with Crippen molar-refractivity contribution in [2.75, 3.05) is 17.2 Å². The number of benzene rings is 2. The van der Waals surface area contributed by atoms with Crippen molar-refractivity contribution in [3.05, 3.63) is 57.8 Å². The number of rotatable bonds is 5. The van der Waals surface area contributed by atoms with Gasteiger partial charge < -0.3 is 10.6 Å². The molecule has 0 atom stereocenters. The van der Waals surface area contributed by atoms with Gasteiger partial charge >= 0.3 is 0 Å². The summed E-state index contributed by atoms with van der Waals surface area (Å²) in [5.41, 5.74) is 2.32. The highest BCUT2D eigenvalue weighted by Crippen LogP contribution is 2.20. The molecule has 0 aliphatic heterocycles. The van der Waals surface area contributed by atoms with Crippen molar-refractivity contribution in [2.45, 2.75) is 13.3 Å². The third kappa shape index (κ3) is 4.61. The van der Waals surface area contributed by atoms with Gasteiger partial charge in [-0.15, -0.1) is 0 Å². The van der Waals surface area contributed by atoms with Crippen molar-refractivity contribution in [3.8, 4) is 0 Å². The number of anilines is 2. The van der Waals surface area contributed by atoms with E-state index in [4.69, 9.17) is 23.2 Å². The summed E-state index contributed by atoms with van der Waals surface area (Å²) < 4.78 is 13.0. The molecule has 2 N–H and O–H groups in total. The summed E-state index contributed by atoms with van der Waals surface area (Å²) in [5, 5.41) is 6.43. The van der Waals surface area contributed by atoms with Crippen LogP contribution in [0.4, 0.5) is 15.8 Å². The van der Waals surface area contributed by atoms with Crippen molar-refractivity contribution in [3.63, 3.8) is 0 Å². The molecule has 0 saturated heterocycles. The van der Waals surface area contributed by atoms with Gasteiger partial charge in [0.1, 0.15) is 5.82 Å². The van der Waals surface area contributed by atoms with Crippen LogP contribution in [0, 0.1) is 12.7 Å². The van der Waals surface area contributed by atoms with Crippen LogP contribution in [0.1, 0.15) is 12.0 Å². The highest BCUT2D eigenvalue weighted by molar-refractivity contribution is 6.31. The summed E-state index contributed by atoms with van der Waals surface area (Å²) in [7, 11) is 0. The average Bonchev–Trinajstić information content (AvgIpc) is 2.47. The number of carbonyl (C=O) groups excluding carboxylic acids is 1. The van der Waals surface area contributed by atoms with Crippen LogP contribution in [0.5, 0.6) is 0 Å². The van der Waals surface area contributed by atoms with Gasteiger partial charge in [0.15, 0.2) is 0 Å². The molecule has 0 saturated carbocycles. The molecular formula is C16H15Cl2FN2O. The van der Waals surface area contributed by atoms with Crippen molar-refractivity contribution < 1.29 is 9.18 Å². The first-order chi connectivity index (χ1) is 10.5. The standard InChI is InChI=1S/C16H15Cl2FN2O/c1-10-2-3-11(8-13(10)17)20-7-6-16(22)21-12-4-5-15(19)14(18)9-12/h2-5,8-9,20H,6-7H2,1H3,(H,21,22). The predicted molar refractivity (Wildman–Crippen MR) is 89.3 cm³/mol. The molecule has 22 heavy (non-hydrogen) atoms. The predicted octanol–water partition coefficient (Wildman–Crippen LogP) is 4.88. The van der Waals surface area contributed by atoms with Crippen LogP contribution in [0.15, 0.2) is 36.4 Å². The lowest BCUT2D eigenvalue weighted by atomic mass is 10.2. The molecule has 0 heterocycles. The number of nitrogens with one attached hydrogen (secondary N) is 2. The summed E-state index contributed by atoms with van der Waals surface area (Å²) in [6.07, 6.45) is 0.264. The molecule has 0 fully saturated rings. The van der Waals surface area contributed by atoms with Crippen LogP contribution in [0.25, 0.3) is 0 Å². The first-order valence-electron chi connectivity index (χ1n) is 6.70. The molecule has 0 spiro atoms. The fourth-order valence-electron chi connectivity index (χ4n) is 1.82. The molecule has 6 heteroatoms. The first-order valence-corrected chi connectivity index (χ1v) is 7.46. The summed E-state index contributed by atoms with van der Waals surface area (Å²) in [6, 6.07) is 9.68. The third-order valence-corrected chi connectivity index (χ3v) is 3.75. The Kier molecular flexibility index (Phi) is 5.63. The number of amides is 1. The highest BCUT2D eigenvalue weighted by atomic mass is 35.5. The minimum atomic E-state index is -0.516. The molecule has 2 aromatic rings. The Labute approximate surface area is 138 Å². The molecule has 0 unspecified atom stereocenters. The Morgan fingerprint density at radius 2 is 1.77 bits per heavy atom. The first kappa shape index (κ1) is 16.6. The monoisotopic (exact) mass is 340 g/mol. The number of hydrogen-bond acceptors (Lipinski definition) is 2. The van der Waals surface area contributed by atoms with E-state index < -0.39 is 5.82 Å². The van der Waals surface area contributed by atoms with Crippen LogP contribution in [-0.4, -0.2) is 12.5 Å². The smallest absolute Gasteiger partial charge is 0.226 e. The van der Waals surface area contributed by atoms with E-state index in [-0.39, 0.29) is 17.4 Å². The number of hydrogen-bond donors (Lipinski definition) is 2. The molecule has 3 nitrogen and oxygen atoms in total. The largest absolute Gasteiger partial charge is 0.384 e. The van der Waals surface area contributed by atoms with E-state index in [1.54, 1.807) is 0 Å². The lowest BCUT2D eigenvalue weighted by molar-refractivity contribution is -0.115. The van der Waals surface area contributed by atoms with E-state index in [1.807, 2.05) is 25.1 Å². The number of halogens is 3. The fourth-order valence-corrected chi connectivity index (χ4v) is 2.18. The average molecular weight is 341 g/mol. The van der Waals surface area contributed by atoms with Crippen LogP contribution in [-0.2, 0) is 4.79 Å². The van der Waals surface area contributed by atoms with E-state index in [1.165, 1.54) is 18.2 Å². The van der Waals surface area contributed by atoms with Gasteiger partial charge in [0, 0.05) is 29.4 Å². The Balaban J connectivity index is 1.82. The zero-order valence-corrected chi connectivity index (χ0v) is 13.4. The molecule has 2 rings (SSSR count). The van der Waals surface area contributed by atoms with Gasteiger partial charge in [0.25, 0.3) is 0 Å². The summed E-state index contributed by atoms with van der Waals surface area (Å²) in [6.45, 7) is 2.38. The quantitative estimate of drug-likeness (QED) is 0.814. The zero-order chi connectivity index (χ0) is 16.1. The maximum atomic E-state index is 13.0. The van der Waals surface area contributed by atoms with Gasteiger partial charge in [0.05, 0.1) is 5.02 Å². The van der Waals surface area contributed by atoms with Crippen molar-refractivity contribution in [1.82, 2.24) is 0 Å². The maximum absolute atomic E-state index is 13.0. The topological polar surface area (TPSA) is 41.1 Å². The summed E-state index contributed by atoms with van der Waals surface area (Å²) in [5.74, 6) is -0.703. The van der Waals surface area contributed by atoms with Crippen molar-refractivity contribution in [1.29, 1.82) is 0 Å². The Morgan fingerprint density at radius 1 is 1.09 bits per heavy atom. The molecule has 0 aliphatic carbocycles. The Bertz CT molecular complexity index is 692. The lowest BCUT2D eigenvalue weighted by Gasteiger charge is -2.09. The van der Waals surface area contributed by atoms with Crippen molar-refractivity contribution >= 4 is 40.5 Å². The van der Waals surface area contributed by atoms with Crippen LogP contribution >= 0.6 is 23.2 Å². The van der Waals surface area contributed by atoms with Crippen LogP contribution in [0.3, 0.4) is 0 Å². The number of carbonyl (C=O) groups is 1. The van der Waals surface area contributed by atoms with Gasteiger partial charge in [-0.3, -0.25) is 4.79 Å². The van der Waals surface area contributed by atoms with E-state index >= 15 is 0 Å². The third-order valence-electron chi connectivity index (χ3n) is 3.06. The molecule has 0 bridgehead atoms. The number of aryl methyl sites for hydroxylation is 1. The van der Waals surface area contributed by atoms with Gasteiger partial charge in [-0.2, -0.15) is 0 Å². The fraction of sp³-hybridized carbons (Fsp3) is 0.188. The van der Waals surface area contributed by atoms with Gasteiger partial charge in [-0.1, -0.05) is 29.3 Å². The van der Waals surface area contributed by atoms with E-state index in [0.717, 1.165) is 11.3 Å². The SMILES string of the molecule is Cc1ccc(NCCC(=O)Nc2ccc(F)c(Cl)c2)cc1Cl. The van der Waals surface area contributed by atoms with Crippen molar-refractivity contribution in [2.24, 2.45) is 0 Å². The second-order valence-electron chi connectivity index (χ2n) is 4.82. The van der Waals surface area contributed by atoms with Gasteiger partial charge in [-0.25, -0.2) is 4.39 Å². The summed E-state index contributed by atoms with van der Waals surface area (Å²) in [4.78, 5) is 11.8. The van der Waals surface area contributed by atoms with E-state index in [2.05, 4.69) is 10.6 Å². The van der Waals surface area contributed by atoms with Gasteiger partial charge in [-0.05, 0) is 42.8 Å². The molecule has 116 valence electrons. The second-order valence-corrected chi connectivity index (χ2v) is 5.63. The molecular weight excluding hydrogens is 326 g/mol. The molecule has 1 amide bonds. The maximum Gasteiger partial charge on any atom is 0.226 e. The second kappa shape index (κ2) is 7.47. The molecule has 0 radical (unpaired) electrons. The molecule has 0 aliphatic rings. The summed E-state index contributed by atoms with van der Waals surface area (Å²) >= 11 is 11.7. The molecule has 0 aromatic heterocycles. The molecule has 2 aromatic carbocycles. The lowest BCUT2D eigenvalue weighted by Crippen LogP contribution is -2.16. The zero-order valence-electron chi connectivity index (χ0n) is 11.9. The minimum Gasteiger partial charge on any atom is -0.384 e. The normalized spacial score (nSPS) is 10.4. The van der Waals surface area contributed by atoms with Gasteiger partial charge in [0.2, 0.25) is 5.91 Å². The van der Waals surface area contributed by atoms with Crippen LogP contribution < -0.4 is 10.6 Å². The van der Waals surface area contributed by atoms with Crippen LogP contribution in [0.2, 0.25) is 10.0 Å².